The molecule has 0 spiro atoms. The molecular formula is C13H21N3O2. The van der Waals surface area contributed by atoms with Gasteiger partial charge in [0.1, 0.15) is 5.82 Å². The van der Waals surface area contributed by atoms with Gasteiger partial charge in [-0.2, -0.15) is 5.10 Å². The van der Waals surface area contributed by atoms with Gasteiger partial charge in [0.25, 0.3) is 0 Å². The average molecular weight is 251 g/mol. The summed E-state index contributed by atoms with van der Waals surface area (Å²) in [5.41, 5.74) is 2.28. The van der Waals surface area contributed by atoms with Crippen LogP contribution in [-0.2, 0) is 16.0 Å². The number of aryl methyl sites for hydroxylation is 1. The number of esters is 1. The van der Waals surface area contributed by atoms with Crippen molar-refractivity contribution in [3.63, 3.8) is 0 Å². The maximum absolute atomic E-state index is 11.9. The van der Waals surface area contributed by atoms with Gasteiger partial charge in [-0.05, 0) is 27.2 Å². The summed E-state index contributed by atoms with van der Waals surface area (Å²) >= 11 is 0. The maximum Gasteiger partial charge on any atom is 0.312 e. The van der Waals surface area contributed by atoms with Gasteiger partial charge >= 0.3 is 5.97 Å². The molecule has 2 unspecified atom stereocenters. The van der Waals surface area contributed by atoms with Crippen LogP contribution in [0.15, 0.2) is 0 Å². The van der Waals surface area contributed by atoms with E-state index >= 15 is 0 Å². The van der Waals surface area contributed by atoms with Crippen molar-refractivity contribution in [1.29, 1.82) is 0 Å². The Bertz CT molecular complexity index is 453. The first-order chi connectivity index (χ1) is 8.60. The van der Waals surface area contributed by atoms with Crippen molar-refractivity contribution in [3.8, 4) is 0 Å². The zero-order valence-corrected chi connectivity index (χ0v) is 11.5. The van der Waals surface area contributed by atoms with Gasteiger partial charge < -0.3 is 10.1 Å². The Morgan fingerprint density at radius 3 is 2.89 bits per heavy atom. The van der Waals surface area contributed by atoms with E-state index in [-0.39, 0.29) is 17.9 Å². The molecule has 1 N–H and O–H groups in total. The number of hydrogen-bond acceptors (Lipinski definition) is 4. The number of anilines is 1. The average Bonchev–Trinajstić information content (AvgIpc) is 2.68. The minimum atomic E-state index is -0.165. The molecule has 1 aliphatic rings. The Hall–Kier alpha value is -1.52. The molecule has 2 atom stereocenters. The Morgan fingerprint density at radius 2 is 2.28 bits per heavy atom. The fourth-order valence-electron chi connectivity index (χ4n) is 2.48. The quantitative estimate of drug-likeness (QED) is 0.834. The van der Waals surface area contributed by atoms with Crippen molar-refractivity contribution in [3.05, 3.63) is 11.3 Å². The predicted molar refractivity (Wildman–Crippen MR) is 69.7 cm³/mol. The summed E-state index contributed by atoms with van der Waals surface area (Å²) in [6, 6.07) is 0.0410. The van der Waals surface area contributed by atoms with Gasteiger partial charge in [-0.25, -0.2) is 4.68 Å². The lowest BCUT2D eigenvalue weighted by molar-refractivity contribution is -0.149. The van der Waals surface area contributed by atoms with Crippen LogP contribution < -0.4 is 5.32 Å². The van der Waals surface area contributed by atoms with Gasteiger partial charge in [0.2, 0.25) is 0 Å². The van der Waals surface area contributed by atoms with Crippen molar-refractivity contribution in [2.75, 3.05) is 18.5 Å². The molecule has 2 heterocycles. The molecule has 0 aliphatic carbocycles. The predicted octanol–water partition coefficient (Wildman–Crippen LogP) is 1.92. The zero-order valence-electron chi connectivity index (χ0n) is 11.5. The summed E-state index contributed by atoms with van der Waals surface area (Å²) in [6.07, 6.45) is 0.907. The monoisotopic (exact) mass is 251 g/mol. The van der Waals surface area contributed by atoms with E-state index in [2.05, 4.69) is 24.3 Å². The van der Waals surface area contributed by atoms with E-state index in [1.807, 2.05) is 18.5 Å². The fraction of sp³-hybridized carbons (Fsp3) is 0.692. The first-order valence-corrected chi connectivity index (χ1v) is 6.58. The highest BCUT2D eigenvalue weighted by Gasteiger charge is 2.34. The molecule has 5 heteroatoms. The Balaban J connectivity index is 2.28. The zero-order chi connectivity index (χ0) is 13.3. The van der Waals surface area contributed by atoms with Crippen LogP contribution >= 0.6 is 0 Å². The van der Waals surface area contributed by atoms with E-state index in [0.29, 0.717) is 13.2 Å². The highest BCUT2D eigenvalue weighted by Crippen LogP contribution is 2.32. The van der Waals surface area contributed by atoms with Crippen LogP contribution in [0, 0.1) is 12.8 Å². The second-order valence-electron chi connectivity index (χ2n) is 4.70. The normalized spacial score (nSPS) is 22.2. The second-order valence-corrected chi connectivity index (χ2v) is 4.70. The minimum absolute atomic E-state index is 0.0410. The highest BCUT2D eigenvalue weighted by molar-refractivity contribution is 5.74. The lowest BCUT2D eigenvalue weighted by Gasteiger charge is -2.30. The number of fused-ring (bicyclic) bond motifs is 1. The van der Waals surface area contributed by atoms with E-state index in [4.69, 9.17) is 4.74 Å². The van der Waals surface area contributed by atoms with Gasteiger partial charge in [0, 0.05) is 12.1 Å². The summed E-state index contributed by atoms with van der Waals surface area (Å²) in [7, 11) is 0. The van der Waals surface area contributed by atoms with Crippen molar-refractivity contribution in [2.45, 2.75) is 40.2 Å². The van der Waals surface area contributed by atoms with Gasteiger partial charge in [0.15, 0.2) is 0 Å². The fourth-order valence-corrected chi connectivity index (χ4v) is 2.48. The smallest absolute Gasteiger partial charge is 0.312 e. The molecule has 1 aromatic heterocycles. The largest absolute Gasteiger partial charge is 0.466 e. The van der Waals surface area contributed by atoms with E-state index in [1.165, 1.54) is 5.56 Å². The molecule has 1 aromatic rings. The second kappa shape index (κ2) is 5.00. The first kappa shape index (κ1) is 12.9. The molecule has 18 heavy (non-hydrogen) atoms. The van der Waals surface area contributed by atoms with E-state index in [9.17, 15) is 4.79 Å². The molecule has 0 saturated carbocycles. The third-order valence-electron chi connectivity index (χ3n) is 3.63. The molecule has 2 rings (SSSR count). The summed E-state index contributed by atoms with van der Waals surface area (Å²) in [5.74, 6) is 0.732. The van der Waals surface area contributed by atoms with Crippen molar-refractivity contribution in [1.82, 2.24) is 9.78 Å². The lowest BCUT2D eigenvalue weighted by atomic mass is 9.99. The van der Waals surface area contributed by atoms with Crippen LogP contribution in [0.25, 0.3) is 0 Å². The topological polar surface area (TPSA) is 56.1 Å². The third-order valence-corrected chi connectivity index (χ3v) is 3.63. The number of ether oxygens (including phenoxy) is 1. The molecule has 100 valence electrons. The summed E-state index contributed by atoms with van der Waals surface area (Å²) in [6.45, 7) is 9.06. The van der Waals surface area contributed by atoms with E-state index in [0.717, 1.165) is 17.9 Å². The number of nitrogens with one attached hydrogen (secondary N) is 1. The van der Waals surface area contributed by atoms with Gasteiger partial charge in [0.05, 0.1) is 24.3 Å². The van der Waals surface area contributed by atoms with Crippen LogP contribution in [0.1, 0.15) is 38.1 Å². The van der Waals surface area contributed by atoms with Crippen LogP contribution in [0.4, 0.5) is 5.82 Å². The summed E-state index contributed by atoms with van der Waals surface area (Å²) in [4.78, 5) is 11.9. The van der Waals surface area contributed by atoms with Crippen LogP contribution in [0.3, 0.4) is 0 Å². The van der Waals surface area contributed by atoms with Gasteiger partial charge in [-0.15, -0.1) is 0 Å². The summed E-state index contributed by atoms with van der Waals surface area (Å²) in [5, 5.41) is 7.89. The Morgan fingerprint density at radius 1 is 1.56 bits per heavy atom. The number of nitrogens with zero attached hydrogens (tertiary/aromatic N) is 2. The standard InChI is InChI=1S/C13H21N3O2/c1-5-11-8(3)12-14-7-10(13(17)18-6-2)9(4)16(12)15-11/h9-10,14H,5-7H2,1-4H3. The van der Waals surface area contributed by atoms with E-state index in [1.54, 1.807) is 0 Å². The van der Waals surface area contributed by atoms with Crippen LogP contribution in [-0.4, -0.2) is 28.9 Å². The SMILES string of the molecule is CCOC(=O)C1CNc2c(C)c(CC)nn2C1C. The number of carbonyl (C=O) groups is 1. The van der Waals surface area contributed by atoms with Crippen LogP contribution in [0.2, 0.25) is 0 Å². The number of hydrogen-bond donors (Lipinski definition) is 1. The highest BCUT2D eigenvalue weighted by atomic mass is 16.5. The molecule has 0 aromatic carbocycles. The van der Waals surface area contributed by atoms with Crippen molar-refractivity contribution < 1.29 is 9.53 Å². The minimum Gasteiger partial charge on any atom is -0.466 e. The Kier molecular flexibility index (Phi) is 3.59. The first-order valence-electron chi connectivity index (χ1n) is 6.58. The number of rotatable bonds is 3. The molecule has 0 radical (unpaired) electrons. The van der Waals surface area contributed by atoms with Gasteiger partial charge in [-0.3, -0.25) is 4.79 Å². The molecule has 1 aliphatic heterocycles. The lowest BCUT2D eigenvalue weighted by Crippen LogP contribution is -2.37. The van der Waals surface area contributed by atoms with Gasteiger partial charge in [-0.1, -0.05) is 6.92 Å². The number of carbonyl (C=O) groups excluding carboxylic acids is 1. The maximum atomic E-state index is 11.9. The molecule has 0 fully saturated rings. The van der Waals surface area contributed by atoms with Crippen LogP contribution in [0.5, 0.6) is 0 Å². The summed E-state index contributed by atoms with van der Waals surface area (Å²) < 4.78 is 7.04. The molecule has 0 amide bonds. The van der Waals surface area contributed by atoms with E-state index < -0.39 is 0 Å². The molecule has 5 nitrogen and oxygen atoms in total. The molecule has 0 bridgehead atoms. The van der Waals surface area contributed by atoms with Crippen molar-refractivity contribution >= 4 is 11.8 Å². The Labute approximate surface area is 108 Å². The number of aromatic nitrogens is 2. The molecule has 0 saturated heterocycles. The third kappa shape index (κ3) is 1.98. The molecular weight excluding hydrogens is 230 g/mol. The van der Waals surface area contributed by atoms with Crippen molar-refractivity contribution in [2.24, 2.45) is 5.92 Å².